The van der Waals surface area contributed by atoms with E-state index < -0.39 is 12.2 Å². The topological polar surface area (TPSA) is 70.1 Å². The second-order valence-corrected chi connectivity index (χ2v) is 4.69. The first kappa shape index (κ1) is 17.8. The maximum absolute atomic E-state index is 12.0. The molecule has 0 heterocycles. The first-order chi connectivity index (χ1) is 10.5. The van der Waals surface area contributed by atoms with Crippen LogP contribution in [0.5, 0.6) is 5.75 Å². The number of carbonyl (C=O) groups is 2. The van der Waals surface area contributed by atoms with Crippen molar-refractivity contribution in [2.45, 2.75) is 6.92 Å². The molecule has 0 saturated carbocycles. The second kappa shape index (κ2) is 8.94. The Balaban J connectivity index is 2.89. The molecule has 1 rings (SSSR count). The zero-order chi connectivity index (χ0) is 16.5. The molecule has 0 unspecified atom stereocenters. The summed E-state index contributed by atoms with van der Waals surface area (Å²) in [7, 11) is 0. The van der Waals surface area contributed by atoms with Gasteiger partial charge >= 0.3 is 12.2 Å². The Morgan fingerprint density at radius 2 is 2.18 bits per heavy atom. The lowest BCUT2D eigenvalue weighted by Gasteiger charge is -2.20. The predicted molar refractivity (Wildman–Crippen MR) is 86.0 cm³/mol. The molecular weight excluding hydrogens is 308 g/mol. The monoisotopic (exact) mass is 326 g/mol. The van der Waals surface area contributed by atoms with Crippen molar-refractivity contribution < 1.29 is 19.4 Å². The average molecular weight is 327 g/mol. The van der Waals surface area contributed by atoms with Gasteiger partial charge in [-0.15, -0.1) is 18.2 Å². The lowest BCUT2D eigenvalue weighted by Crippen LogP contribution is -2.35. The molecule has 22 heavy (non-hydrogen) atoms. The van der Waals surface area contributed by atoms with Gasteiger partial charge in [-0.25, -0.2) is 9.59 Å². The Morgan fingerprint density at radius 3 is 2.73 bits per heavy atom. The summed E-state index contributed by atoms with van der Waals surface area (Å²) in [5.74, 6) is 0.584. The van der Waals surface area contributed by atoms with E-state index >= 15 is 0 Å². The molecular formula is C15H19ClN2O4. The fourth-order valence-corrected chi connectivity index (χ4v) is 1.99. The van der Waals surface area contributed by atoms with Crippen molar-refractivity contribution in [3.63, 3.8) is 0 Å². The Bertz CT molecular complexity index is 536. The number of amides is 2. The van der Waals surface area contributed by atoms with Crippen LogP contribution in [-0.2, 0) is 0 Å². The smallest absolute Gasteiger partial charge is 0.415 e. The molecule has 1 aromatic rings. The summed E-state index contributed by atoms with van der Waals surface area (Å²) >= 11 is 5.63. The van der Waals surface area contributed by atoms with Gasteiger partial charge in [0.1, 0.15) is 5.75 Å². The highest BCUT2D eigenvalue weighted by Gasteiger charge is 2.16. The Morgan fingerprint density at radius 1 is 1.45 bits per heavy atom. The highest BCUT2D eigenvalue weighted by Crippen LogP contribution is 2.22. The summed E-state index contributed by atoms with van der Waals surface area (Å²) in [6.45, 7) is 6.34. The van der Waals surface area contributed by atoms with Crippen LogP contribution in [0, 0.1) is 0 Å². The minimum Gasteiger partial charge on any atom is -0.465 e. The number of carboxylic acid groups (broad SMARTS) is 1. The number of alkyl halides is 1. The van der Waals surface area contributed by atoms with Crippen LogP contribution in [0.25, 0.3) is 0 Å². The van der Waals surface area contributed by atoms with Crippen LogP contribution in [0.4, 0.5) is 15.3 Å². The number of ether oxygens (including phenoxy) is 1. The highest BCUT2D eigenvalue weighted by molar-refractivity contribution is 6.18. The van der Waals surface area contributed by atoms with Crippen LogP contribution < -0.4 is 9.64 Å². The summed E-state index contributed by atoms with van der Waals surface area (Å²) in [6, 6.07) is 6.31. The SMILES string of the molecule is C=CCN(C(=O)O)c1cccc(OC(=O)N(CC)CCCl)c1. The number of hydrogen-bond acceptors (Lipinski definition) is 3. The minimum atomic E-state index is -1.11. The van der Waals surface area contributed by atoms with Crippen molar-refractivity contribution in [1.82, 2.24) is 4.90 Å². The van der Waals surface area contributed by atoms with Gasteiger partial charge in [0, 0.05) is 31.6 Å². The van der Waals surface area contributed by atoms with Crippen molar-refractivity contribution in [2.24, 2.45) is 0 Å². The summed E-state index contributed by atoms with van der Waals surface area (Å²) in [5, 5.41) is 9.17. The van der Waals surface area contributed by atoms with E-state index in [4.69, 9.17) is 16.3 Å². The van der Waals surface area contributed by atoms with Crippen molar-refractivity contribution in [2.75, 3.05) is 30.4 Å². The molecule has 2 amide bonds. The largest absolute Gasteiger partial charge is 0.465 e. The highest BCUT2D eigenvalue weighted by atomic mass is 35.5. The Hall–Kier alpha value is -2.21. The molecule has 1 aromatic carbocycles. The average Bonchev–Trinajstić information content (AvgIpc) is 2.50. The molecule has 0 aliphatic rings. The molecule has 0 aliphatic heterocycles. The molecule has 0 aliphatic carbocycles. The van der Waals surface area contributed by atoms with Crippen LogP contribution >= 0.6 is 11.6 Å². The summed E-state index contributed by atoms with van der Waals surface area (Å²) in [6.07, 6.45) is -0.155. The van der Waals surface area contributed by atoms with Gasteiger partial charge in [-0.1, -0.05) is 12.1 Å². The van der Waals surface area contributed by atoms with Gasteiger partial charge in [-0.2, -0.15) is 0 Å². The molecule has 7 heteroatoms. The molecule has 0 atom stereocenters. The fourth-order valence-electron chi connectivity index (χ4n) is 1.78. The first-order valence-corrected chi connectivity index (χ1v) is 7.31. The fraction of sp³-hybridized carbons (Fsp3) is 0.333. The van der Waals surface area contributed by atoms with Gasteiger partial charge in [-0.3, -0.25) is 4.90 Å². The Kier molecular flexibility index (Phi) is 7.25. The van der Waals surface area contributed by atoms with E-state index in [-0.39, 0.29) is 12.3 Å². The van der Waals surface area contributed by atoms with E-state index in [1.165, 1.54) is 17.0 Å². The van der Waals surface area contributed by atoms with Crippen molar-refractivity contribution in [3.05, 3.63) is 36.9 Å². The minimum absolute atomic E-state index is 0.139. The van der Waals surface area contributed by atoms with Crippen LogP contribution in [0.15, 0.2) is 36.9 Å². The molecule has 1 N–H and O–H groups in total. The van der Waals surface area contributed by atoms with Crippen LogP contribution in [-0.4, -0.2) is 47.7 Å². The number of halogens is 1. The molecule has 0 spiro atoms. The lowest BCUT2D eigenvalue weighted by atomic mass is 10.2. The summed E-state index contributed by atoms with van der Waals surface area (Å²) in [5.41, 5.74) is 0.401. The van der Waals surface area contributed by atoms with E-state index in [1.54, 1.807) is 18.2 Å². The normalized spacial score (nSPS) is 9.91. The number of rotatable bonds is 7. The van der Waals surface area contributed by atoms with E-state index in [1.807, 2.05) is 6.92 Å². The second-order valence-electron chi connectivity index (χ2n) is 4.32. The van der Waals surface area contributed by atoms with Gasteiger partial charge in [0.2, 0.25) is 0 Å². The Labute approximate surface area is 134 Å². The number of anilines is 1. The maximum Gasteiger partial charge on any atom is 0.415 e. The first-order valence-electron chi connectivity index (χ1n) is 6.77. The molecule has 120 valence electrons. The molecule has 0 radical (unpaired) electrons. The van der Waals surface area contributed by atoms with Gasteiger partial charge in [0.05, 0.1) is 5.69 Å². The zero-order valence-corrected chi connectivity index (χ0v) is 13.1. The number of benzene rings is 1. The third-order valence-corrected chi connectivity index (χ3v) is 3.04. The molecule has 0 bridgehead atoms. The number of hydrogen-bond donors (Lipinski definition) is 1. The van der Waals surface area contributed by atoms with Crippen molar-refractivity contribution >= 4 is 29.5 Å². The molecule has 0 fully saturated rings. The van der Waals surface area contributed by atoms with E-state index in [0.717, 1.165) is 4.90 Å². The van der Waals surface area contributed by atoms with Crippen molar-refractivity contribution in [1.29, 1.82) is 0 Å². The summed E-state index contributed by atoms with van der Waals surface area (Å²) in [4.78, 5) is 25.7. The van der Waals surface area contributed by atoms with E-state index in [2.05, 4.69) is 6.58 Å². The van der Waals surface area contributed by atoms with Gasteiger partial charge in [0.15, 0.2) is 0 Å². The van der Waals surface area contributed by atoms with Gasteiger partial charge in [0.25, 0.3) is 0 Å². The van der Waals surface area contributed by atoms with Gasteiger partial charge < -0.3 is 14.7 Å². The quantitative estimate of drug-likeness (QED) is 0.615. The summed E-state index contributed by atoms with van der Waals surface area (Å²) < 4.78 is 5.25. The predicted octanol–water partition coefficient (Wildman–Crippen LogP) is 3.42. The number of nitrogens with zero attached hydrogens (tertiary/aromatic N) is 2. The maximum atomic E-state index is 12.0. The molecule has 6 nitrogen and oxygen atoms in total. The number of carbonyl (C=O) groups excluding carboxylic acids is 1. The third-order valence-electron chi connectivity index (χ3n) is 2.87. The third kappa shape index (κ3) is 4.96. The zero-order valence-electron chi connectivity index (χ0n) is 12.4. The molecule has 0 aromatic heterocycles. The van der Waals surface area contributed by atoms with Crippen molar-refractivity contribution in [3.8, 4) is 5.75 Å². The van der Waals surface area contributed by atoms with Crippen LogP contribution in [0.1, 0.15) is 6.92 Å². The standard InChI is InChI=1S/C15H19ClN2O4/c1-3-9-18(14(19)20)12-6-5-7-13(11-12)22-15(21)17(4-2)10-8-16/h3,5-7,11H,1,4,8-10H2,2H3,(H,19,20). The molecule has 0 saturated heterocycles. The van der Waals surface area contributed by atoms with E-state index in [9.17, 15) is 14.7 Å². The van der Waals surface area contributed by atoms with E-state index in [0.29, 0.717) is 24.7 Å². The lowest BCUT2D eigenvalue weighted by molar-refractivity contribution is 0.157. The van der Waals surface area contributed by atoms with Crippen LogP contribution in [0.3, 0.4) is 0 Å². The van der Waals surface area contributed by atoms with Crippen LogP contribution in [0.2, 0.25) is 0 Å². The van der Waals surface area contributed by atoms with Gasteiger partial charge in [-0.05, 0) is 19.1 Å².